The summed E-state index contributed by atoms with van der Waals surface area (Å²) >= 11 is 0. The number of anilines is 1. The summed E-state index contributed by atoms with van der Waals surface area (Å²) in [6, 6.07) is 15.8. The molecule has 0 aromatic heterocycles. The molecule has 1 nitrogen and oxygen atoms in total. The third-order valence-electron chi connectivity index (χ3n) is 4.21. The molecule has 2 aromatic carbocycles. The van der Waals surface area contributed by atoms with Crippen molar-refractivity contribution in [3.8, 4) is 11.1 Å². The Morgan fingerprint density at radius 3 is 2.05 bits per heavy atom. The number of nitrogens with zero attached hydrogens (tertiary/aromatic N) is 1. The zero-order chi connectivity index (χ0) is 13.9. The molecule has 0 radical (unpaired) electrons. The lowest BCUT2D eigenvalue weighted by Crippen LogP contribution is -2.29. The standard InChI is InChI=1S/C19H23N.ClH/c1-15-6-9-17(10-7-15)18-14-16(2)8-11-19(18)20-12-4-3-5-13-20;/h6-11,14H,3-5,12-13H2,1-2H3;1H. The van der Waals surface area contributed by atoms with Crippen LogP contribution in [0.25, 0.3) is 11.1 Å². The minimum atomic E-state index is 0. The van der Waals surface area contributed by atoms with Gasteiger partial charge in [-0.15, -0.1) is 12.4 Å². The summed E-state index contributed by atoms with van der Waals surface area (Å²) in [4.78, 5) is 2.55. The Balaban J connectivity index is 0.00000161. The Morgan fingerprint density at radius 2 is 1.38 bits per heavy atom. The van der Waals surface area contributed by atoms with Gasteiger partial charge in [-0.2, -0.15) is 0 Å². The van der Waals surface area contributed by atoms with Gasteiger partial charge in [-0.25, -0.2) is 0 Å². The number of benzene rings is 2. The van der Waals surface area contributed by atoms with E-state index < -0.39 is 0 Å². The Labute approximate surface area is 134 Å². The zero-order valence-corrected chi connectivity index (χ0v) is 13.7. The number of piperidine rings is 1. The molecule has 1 heterocycles. The normalized spacial score (nSPS) is 14.7. The van der Waals surface area contributed by atoms with Crippen molar-refractivity contribution >= 4 is 18.1 Å². The van der Waals surface area contributed by atoms with Gasteiger partial charge in [0.2, 0.25) is 0 Å². The predicted octanol–water partition coefficient (Wildman–Crippen LogP) is 5.38. The third-order valence-corrected chi connectivity index (χ3v) is 4.21. The maximum atomic E-state index is 2.55. The third kappa shape index (κ3) is 3.59. The Morgan fingerprint density at radius 1 is 0.762 bits per heavy atom. The highest BCUT2D eigenvalue weighted by atomic mass is 35.5. The number of hydrogen-bond donors (Lipinski definition) is 0. The highest BCUT2D eigenvalue weighted by Crippen LogP contribution is 2.33. The minimum Gasteiger partial charge on any atom is -0.371 e. The number of halogens is 1. The van der Waals surface area contributed by atoms with Crippen LogP contribution in [0.15, 0.2) is 42.5 Å². The van der Waals surface area contributed by atoms with Crippen LogP contribution in [0.5, 0.6) is 0 Å². The van der Waals surface area contributed by atoms with Gasteiger partial charge in [0.05, 0.1) is 0 Å². The molecule has 1 aliphatic heterocycles. The number of aryl methyl sites for hydroxylation is 2. The van der Waals surface area contributed by atoms with E-state index in [1.807, 2.05) is 0 Å². The van der Waals surface area contributed by atoms with Gasteiger partial charge in [-0.3, -0.25) is 0 Å². The molecule has 112 valence electrons. The second-order valence-electron chi connectivity index (χ2n) is 5.93. The molecule has 2 heteroatoms. The van der Waals surface area contributed by atoms with Gasteiger partial charge in [0, 0.05) is 24.3 Å². The summed E-state index contributed by atoms with van der Waals surface area (Å²) in [6.45, 7) is 6.72. The number of hydrogen-bond acceptors (Lipinski definition) is 1. The van der Waals surface area contributed by atoms with Crippen molar-refractivity contribution in [2.75, 3.05) is 18.0 Å². The molecule has 2 aromatic rings. The van der Waals surface area contributed by atoms with Gasteiger partial charge in [-0.05, 0) is 50.8 Å². The van der Waals surface area contributed by atoms with E-state index in [-0.39, 0.29) is 12.4 Å². The van der Waals surface area contributed by atoms with Gasteiger partial charge >= 0.3 is 0 Å². The molecule has 1 aliphatic rings. The average Bonchev–Trinajstić information content (AvgIpc) is 2.49. The SMILES string of the molecule is Cc1ccc(-c2cc(C)ccc2N2CCCCC2)cc1.Cl. The van der Waals surface area contributed by atoms with Crippen LogP contribution >= 0.6 is 12.4 Å². The van der Waals surface area contributed by atoms with E-state index >= 15 is 0 Å². The highest BCUT2D eigenvalue weighted by Gasteiger charge is 2.15. The quantitative estimate of drug-likeness (QED) is 0.719. The van der Waals surface area contributed by atoms with Crippen LogP contribution in [0, 0.1) is 13.8 Å². The lowest BCUT2D eigenvalue weighted by atomic mass is 9.98. The monoisotopic (exact) mass is 301 g/mol. The van der Waals surface area contributed by atoms with Crippen LogP contribution in [-0.2, 0) is 0 Å². The van der Waals surface area contributed by atoms with Crippen molar-refractivity contribution in [1.29, 1.82) is 0 Å². The Kier molecular flexibility index (Phi) is 5.30. The molecule has 0 saturated carbocycles. The second-order valence-corrected chi connectivity index (χ2v) is 5.93. The van der Waals surface area contributed by atoms with Crippen molar-refractivity contribution in [2.24, 2.45) is 0 Å². The first-order valence-corrected chi connectivity index (χ1v) is 7.67. The molecular weight excluding hydrogens is 278 g/mol. The summed E-state index contributed by atoms with van der Waals surface area (Å²) in [5.74, 6) is 0. The van der Waals surface area contributed by atoms with Crippen LogP contribution in [0.3, 0.4) is 0 Å². The number of rotatable bonds is 2. The van der Waals surface area contributed by atoms with Crippen LogP contribution in [-0.4, -0.2) is 13.1 Å². The summed E-state index contributed by atoms with van der Waals surface area (Å²) in [7, 11) is 0. The lowest BCUT2D eigenvalue weighted by molar-refractivity contribution is 0.578. The molecule has 0 spiro atoms. The minimum absolute atomic E-state index is 0. The van der Waals surface area contributed by atoms with Crippen LogP contribution < -0.4 is 4.90 Å². The second kappa shape index (κ2) is 7.00. The van der Waals surface area contributed by atoms with E-state index in [1.165, 1.54) is 60.3 Å². The molecule has 0 bridgehead atoms. The van der Waals surface area contributed by atoms with Crippen molar-refractivity contribution in [3.63, 3.8) is 0 Å². The fourth-order valence-electron chi connectivity index (χ4n) is 3.02. The first kappa shape index (κ1) is 15.9. The van der Waals surface area contributed by atoms with Crippen molar-refractivity contribution in [3.05, 3.63) is 53.6 Å². The van der Waals surface area contributed by atoms with E-state index in [4.69, 9.17) is 0 Å². The first-order chi connectivity index (χ1) is 9.74. The molecule has 3 rings (SSSR count). The van der Waals surface area contributed by atoms with Gasteiger partial charge in [0.15, 0.2) is 0 Å². The van der Waals surface area contributed by atoms with E-state index in [9.17, 15) is 0 Å². The summed E-state index contributed by atoms with van der Waals surface area (Å²) in [6.07, 6.45) is 4.02. The van der Waals surface area contributed by atoms with Crippen LogP contribution in [0.2, 0.25) is 0 Å². The van der Waals surface area contributed by atoms with E-state index in [1.54, 1.807) is 0 Å². The highest BCUT2D eigenvalue weighted by molar-refractivity contribution is 5.85. The topological polar surface area (TPSA) is 3.24 Å². The molecule has 0 unspecified atom stereocenters. The van der Waals surface area contributed by atoms with Gasteiger partial charge in [0.25, 0.3) is 0 Å². The van der Waals surface area contributed by atoms with E-state index in [0.29, 0.717) is 0 Å². The largest absolute Gasteiger partial charge is 0.371 e. The summed E-state index contributed by atoms with van der Waals surface area (Å²) < 4.78 is 0. The molecule has 21 heavy (non-hydrogen) atoms. The van der Waals surface area contributed by atoms with E-state index in [0.717, 1.165) is 0 Å². The smallest absolute Gasteiger partial charge is 0.0446 e. The van der Waals surface area contributed by atoms with Crippen molar-refractivity contribution in [2.45, 2.75) is 33.1 Å². The maximum absolute atomic E-state index is 2.55. The van der Waals surface area contributed by atoms with Crippen LogP contribution in [0.4, 0.5) is 5.69 Å². The molecule has 0 amide bonds. The maximum Gasteiger partial charge on any atom is 0.0446 e. The lowest BCUT2D eigenvalue weighted by Gasteiger charge is -2.31. The predicted molar refractivity (Wildman–Crippen MR) is 94.7 cm³/mol. The van der Waals surface area contributed by atoms with Crippen molar-refractivity contribution in [1.82, 2.24) is 0 Å². The zero-order valence-electron chi connectivity index (χ0n) is 12.9. The summed E-state index contributed by atoms with van der Waals surface area (Å²) in [5.41, 5.74) is 6.77. The average molecular weight is 302 g/mol. The van der Waals surface area contributed by atoms with Gasteiger partial charge in [0.1, 0.15) is 0 Å². The fraction of sp³-hybridized carbons (Fsp3) is 0.368. The molecular formula is C19H24ClN. The molecule has 1 saturated heterocycles. The van der Waals surface area contributed by atoms with Crippen LogP contribution in [0.1, 0.15) is 30.4 Å². The van der Waals surface area contributed by atoms with E-state index in [2.05, 4.69) is 61.2 Å². The molecule has 0 N–H and O–H groups in total. The molecule has 1 fully saturated rings. The van der Waals surface area contributed by atoms with Crippen molar-refractivity contribution < 1.29 is 0 Å². The Bertz CT molecular complexity index is 583. The Hall–Kier alpha value is -1.47. The van der Waals surface area contributed by atoms with Gasteiger partial charge < -0.3 is 4.90 Å². The first-order valence-electron chi connectivity index (χ1n) is 7.67. The molecule has 0 aliphatic carbocycles. The molecule has 0 atom stereocenters. The van der Waals surface area contributed by atoms with Gasteiger partial charge in [-0.1, -0.05) is 41.5 Å². The fourth-order valence-corrected chi connectivity index (χ4v) is 3.02. The summed E-state index contributed by atoms with van der Waals surface area (Å²) in [5, 5.41) is 0.